The van der Waals surface area contributed by atoms with E-state index in [-0.39, 0.29) is 5.41 Å². The Balaban J connectivity index is 2.17. The molecule has 0 amide bonds. The molecule has 0 aliphatic rings. The molecule has 14 heavy (non-hydrogen) atoms. The SMILES string of the molecule is CC(C)(C)COCOc1ccccc1. The summed E-state index contributed by atoms with van der Waals surface area (Å²) in [5.74, 6) is 0.849. The van der Waals surface area contributed by atoms with Crippen LogP contribution in [0, 0.1) is 5.41 Å². The van der Waals surface area contributed by atoms with E-state index in [0.29, 0.717) is 13.4 Å². The molecule has 2 heteroatoms. The third-order valence-corrected chi connectivity index (χ3v) is 1.59. The average Bonchev–Trinajstić information content (AvgIpc) is 2.13. The van der Waals surface area contributed by atoms with E-state index in [1.54, 1.807) is 0 Å². The topological polar surface area (TPSA) is 18.5 Å². The molecule has 1 aromatic rings. The van der Waals surface area contributed by atoms with E-state index >= 15 is 0 Å². The molecule has 0 saturated carbocycles. The fraction of sp³-hybridized carbons (Fsp3) is 0.500. The van der Waals surface area contributed by atoms with Crippen molar-refractivity contribution in [3.63, 3.8) is 0 Å². The maximum atomic E-state index is 5.38. The van der Waals surface area contributed by atoms with Crippen LogP contribution in [0.2, 0.25) is 0 Å². The van der Waals surface area contributed by atoms with Crippen molar-refractivity contribution in [1.82, 2.24) is 0 Å². The van der Waals surface area contributed by atoms with E-state index in [9.17, 15) is 0 Å². The number of hydrogen-bond donors (Lipinski definition) is 0. The van der Waals surface area contributed by atoms with Crippen LogP contribution >= 0.6 is 0 Å². The molecule has 78 valence electrons. The van der Waals surface area contributed by atoms with E-state index in [0.717, 1.165) is 5.75 Å². The molecule has 0 saturated heterocycles. The van der Waals surface area contributed by atoms with Gasteiger partial charge in [-0.15, -0.1) is 0 Å². The molecule has 1 aromatic carbocycles. The molecule has 0 fully saturated rings. The second-order valence-corrected chi connectivity index (χ2v) is 4.48. The largest absolute Gasteiger partial charge is 0.468 e. The van der Waals surface area contributed by atoms with Gasteiger partial charge in [0, 0.05) is 0 Å². The van der Waals surface area contributed by atoms with Crippen molar-refractivity contribution in [3.8, 4) is 5.75 Å². The van der Waals surface area contributed by atoms with Crippen molar-refractivity contribution < 1.29 is 9.47 Å². The molecular formula is C12H18O2. The zero-order valence-electron chi connectivity index (χ0n) is 9.12. The third kappa shape index (κ3) is 4.87. The summed E-state index contributed by atoms with van der Waals surface area (Å²) in [6, 6.07) is 9.68. The normalized spacial score (nSPS) is 11.4. The summed E-state index contributed by atoms with van der Waals surface area (Å²) in [5, 5.41) is 0. The second kappa shape index (κ2) is 5.01. The molecule has 0 atom stereocenters. The Kier molecular flexibility index (Phi) is 3.96. The van der Waals surface area contributed by atoms with E-state index in [2.05, 4.69) is 20.8 Å². The first-order valence-electron chi connectivity index (χ1n) is 4.83. The molecule has 0 aliphatic carbocycles. The summed E-state index contributed by atoms with van der Waals surface area (Å²) in [5.41, 5.74) is 0.194. The fourth-order valence-corrected chi connectivity index (χ4v) is 0.974. The number of hydrogen-bond acceptors (Lipinski definition) is 2. The highest BCUT2D eigenvalue weighted by Crippen LogP contribution is 2.13. The Hall–Kier alpha value is -1.02. The fourth-order valence-electron chi connectivity index (χ4n) is 0.974. The molecule has 0 unspecified atom stereocenters. The summed E-state index contributed by atoms with van der Waals surface area (Å²) in [6.07, 6.45) is 0. The van der Waals surface area contributed by atoms with Gasteiger partial charge in [0.2, 0.25) is 0 Å². The molecule has 0 heterocycles. The minimum Gasteiger partial charge on any atom is -0.468 e. The van der Waals surface area contributed by atoms with Gasteiger partial charge in [0.25, 0.3) is 0 Å². The summed E-state index contributed by atoms with van der Waals surface area (Å²) >= 11 is 0. The van der Waals surface area contributed by atoms with Crippen molar-refractivity contribution in [1.29, 1.82) is 0 Å². The van der Waals surface area contributed by atoms with Crippen LogP contribution in [0.25, 0.3) is 0 Å². The predicted molar refractivity (Wildman–Crippen MR) is 57.3 cm³/mol. The summed E-state index contributed by atoms with van der Waals surface area (Å²) in [6.45, 7) is 7.43. The van der Waals surface area contributed by atoms with Gasteiger partial charge in [-0.2, -0.15) is 0 Å². The van der Waals surface area contributed by atoms with Crippen LogP contribution in [0.3, 0.4) is 0 Å². The lowest BCUT2D eigenvalue weighted by Crippen LogP contribution is -2.16. The molecule has 0 bridgehead atoms. The minimum absolute atomic E-state index is 0.194. The number of para-hydroxylation sites is 1. The summed E-state index contributed by atoms with van der Waals surface area (Å²) in [7, 11) is 0. The predicted octanol–water partition coefficient (Wildman–Crippen LogP) is 3.09. The van der Waals surface area contributed by atoms with Gasteiger partial charge >= 0.3 is 0 Å². The lowest BCUT2D eigenvalue weighted by Gasteiger charge is -2.18. The number of benzene rings is 1. The van der Waals surface area contributed by atoms with Gasteiger partial charge in [-0.05, 0) is 17.5 Å². The second-order valence-electron chi connectivity index (χ2n) is 4.48. The lowest BCUT2D eigenvalue weighted by atomic mass is 9.99. The van der Waals surface area contributed by atoms with Crippen LogP contribution in [-0.4, -0.2) is 13.4 Å². The lowest BCUT2D eigenvalue weighted by molar-refractivity contribution is -0.0175. The van der Waals surface area contributed by atoms with Crippen LogP contribution in [-0.2, 0) is 4.74 Å². The quantitative estimate of drug-likeness (QED) is 0.541. The first-order valence-corrected chi connectivity index (χ1v) is 4.83. The van der Waals surface area contributed by atoms with Gasteiger partial charge in [0.15, 0.2) is 6.79 Å². The van der Waals surface area contributed by atoms with Gasteiger partial charge < -0.3 is 9.47 Å². The number of ether oxygens (including phenoxy) is 2. The molecule has 0 radical (unpaired) electrons. The Morgan fingerprint density at radius 2 is 1.71 bits per heavy atom. The highest BCUT2D eigenvalue weighted by atomic mass is 16.7. The Morgan fingerprint density at radius 3 is 2.29 bits per heavy atom. The molecule has 1 rings (SSSR count). The summed E-state index contributed by atoms with van der Waals surface area (Å²) < 4.78 is 10.8. The van der Waals surface area contributed by atoms with Crippen molar-refractivity contribution in [2.75, 3.05) is 13.4 Å². The standard InChI is InChI=1S/C12H18O2/c1-12(2,3)9-13-10-14-11-7-5-4-6-8-11/h4-8H,9-10H2,1-3H3. The zero-order valence-corrected chi connectivity index (χ0v) is 9.12. The molecule has 0 aliphatic heterocycles. The van der Waals surface area contributed by atoms with Crippen LogP contribution in [0.1, 0.15) is 20.8 Å². The van der Waals surface area contributed by atoms with Crippen LogP contribution < -0.4 is 4.74 Å². The maximum absolute atomic E-state index is 5.38. The first-order chi connectivity index (χ1) is 6.58. The summed E-state index contributed by atoms with van der Waals surface area (Å²) in [4.78, 5) is 0. The van der Waals surface area contributed by atoms with Gasteiger partial charge in [0.05, 0.1) is 6.61 Å². The van der Waals surface area contributed by atoms with Crippen LogP contribution in [0.4, 0.5) is 0 Å². The maximum Gasteiger partial charge on any atom is 0.189 e. The number of rotatable bonds is 4. The van der Waals surface area contributed by atoms with Crippen molar-refractivity contribution in [2.45, 2.75) is 20.8 Å². The molecule has 0 spiro atoms. The van der Waals surface area contributed by atoms with E-state index in [1.807, 2.05) is 30.3 Å². The molecular weight excluding hydrogens is 176 g/mol. The highest BCUT2D eigenvalue weighted by Gasteiger charge is 2.09. The smallest absolute Gasteiger partial charge is 0.189 e. The Bertz CT molecular complexity index is 249. The van der Waals surface area contributed by atoms with Gasteiger partial charge in [-0.25, -0.2) is 0 Å². The highest BCUT2D eigenvalue weighted by molar-refractivity contribution is 5.20. The first kappa shape index (κ1) is 11.1. The Labute approximate surface area is 85.8 Å². The van der Waals surface area contributed by atoms with E-state index in [4.69, 9.17) is 9.47 Å². The van der Waals surface area contributed by atoms with Crippen molar-refractivity contribution in [2.24, 2.45) is 5.41 Å². The van der Waals surface area contributed by atoms with Crippen LogP contribution in [0.5, 0.6) is 5.75 Å². The zero-order chi connectivity index (χ0) is 10.4. The average molecular weight is 194 g/mol. The minimum atomic E-state index is 0.194. The van der Waals surface area contributed by atoms with Gasteiger partial charge in [-0.1, -0.05) is 39.0 Å². The van der Waals surface area contributed by atoms with Crippen molar-refractivity contribution in [3.05, 3.63) is 30.3 Å². The third-order valence-electron chi connectivity index (χ3n) is 1.59. The van der Waals surface area contributed by atoms with Gasteiger partial charge in [-0.3, -0.25) is 0 Å². The van der Waals surface area contributed by atoms with Crippen LogP contribution in [0.15, 0.2) is 30.3 Å². The molecule has 0 aromatic heterocycles. The van der Waals surface area contributed by atoms with Gasteiger partial charge in [0.1, 0.15) is 5.75 Å². The molecule has 0 N–H and O–H groups in total. The Morgan fingerprint density at radius 1 is 1.07 bits per heavy atom. The monoisotopic (exact) mass is 194 g/mol. The van der Waals surface area contributed by atoms with E-state index in [1.165, 1.54) is 0 Å². The molecule has 2 nitrogen and oxygen atoms in total. The van der Waals surface area contributed by atoms with Crippen molar-refractivity contribution >= 4 is 0 Å². The van der Waals surface area contributed by atoms with E-state index < -0.39 is 0 Å².